The summed E-state index contributed by atoms with van der Waals surface area (Å²) in [6, 6.07) is 14.6. The van der Waals surface area contributed by atoms with Gasteiger partial charge in [0.05, 0.1) is 31.4 Å². The number of amides is 2. The lowest BCUT2D eigenvalue weighted by atomic mass is 10.0. The molecule has 2 aromatic rings. The number of hydrogen-bond acceptors (Lipinski definition) is 4. The van der Waals surface area contributed by atoms with E-state index < -0.39 is 5.97 Å². The minimum Gasteiger partial charge on any atom is -0.491 e. The van der Waals surface area contributed by atoms with Crippen LogP contribution >= 0.6 is 0 Å². The molecule has 0 spiro atoms. The van der Waals surface area contributed by atoms with E-state index >= 15 is 0 Å². The summed E-state index contributed by atoms with van der Waals surface area (Å²) in [5.41, 5.74) is 2.11. The number of ether oxygens (including phenoxy) is 2. The molecule has 0 radical (unpaired) electrons. The summed E-state index contributed by atoms with van der Waals surface area (Å²) >= 11 is 0. The van der Waals surface area contributed by atoms with Gasteiger partial charge in [-0.25, -0.2) is 9.59 Å². The molecule has 2 aliphatic heterocycles. The second-order valence-corrected chi connectivity index (χ2v) is 7.29. The van der Waals surface area contributed by atoms with E-state index in [-0.39, 0.29) is 17.6 Å². The third kappa shape index (κ3) is 4.35. The Kier molecular flexibility index (Phi) is 5.67. The molecule has 1 saturated heterocycles. The van der Waals surface area contributed by atoms with Crippen LogP contribution in [0.2, 0.25) is 0 Å². The summed E-state index contributed by atoms with van der Waals surface area (Å²) in [6.45, 7) is 2.90. The van der Waals surface area contributed by atoms with Gasteiger partial charge in [-0.15, -0.1) is 0 Å². The van der Waals surface area contributed by atoms with Gasteiger partial charge < -0.3 is 24.4 Å². The molecule has 0 bridgehead atoms. The van der Waals surface area contributed by atoms with Crippen LogP contribution in [0.15, 0.2) is 48.5 Å². The Morgan fingerprint density at radius 1 is 1.07 bits per heavy atom. The average molecular weight is 396 g/mol. The first-order valence-electron chi connectivity index (χ1n) is 9.78. The van der Waals surface area contributed by atoms with Crippen molar-refractivity contribution in [2.24, 2.45) is 0 Å². The number of carbonyl (C=O) groups excluding carboxylic acids is 1. The standard InChI is InChI=1S/C22H24N2O5/c25-21(26)17-6-7-18-14-24(22(27)23-8-10-28-11-9-23)19(15-29-20(18)13-17)12-16-4-2-1-3-5-16/h1-7,13,19H,8-12,14-15H2,(H,25,26). The van der Waals surface area contributed by atoms with Crippen LogP contribution < -0.4 is 4.74 Å². The summed E-state index contributed by atoms with van der Waals surface area (Å²) in [5, 5.41) is 9.28. The summed E-state index contributed by atoms with van der Waals surface area (Å²) in [5.74, 6) is -0.469. The van der Waals surface area contributed by atoms with Gasteiger partial charge in [-0.2, -0.15) is 0 Å². The topological polar surface area (TPSA) is 79.3 Å². The van der Waals surface area contributed by atoms with Crippen LogP contribution in [0.4, 0.5) is 4.79 Å². The van der Waals surface area contributed by atoms with E-state index in [4.69, 9.17) is 9.47 Å². The van der Waals surface area contributed by atoms with E-state index in [9.17, 15) is 14.7 Å². The first kappa shape index (κ1) is 19.3. The predicted molar refractivity (Wildman–Crippen MR) is 106 cm³/mol. The highest BCUT2D eigenvalue weighted by molar-refractivity contribution is 5.88. The number of carbonyl (C=O) groups is 2. The monoisotopic (exact) mass is 396 g/mol. The van der Waals surface area contributed by atoms with Gasteiger partial charge in [0.2, 0.25) is 0 Å². The smallest absolute Gasteiger partial charge is 0.335 e. The number of morpholine rings is 1. The molecule has 2 aromatic carbocycles. The molecule has 7 nitrogen and oxygen atoms in total. The second kappa shape index (κ2) is 8.53. The number of aromatic carboxylic acids is 1. The number of urea groups is 1. The van der Waals surface area contributed by atoms with Gasteiger partial charge in [-0.3, -0.25) is 0 Å². The third-order valence-electron chi connectivity index (χ3n) is 5.37. The minimum atomic E-state index is -0.997. The van der Waals surface area contributed by atoms with E-state index in [2.05, 4.69) is 0 Å². The Labute approximate surface area is 169 Å². The van der Waals surface area contributed by atoms with Crippen molar-refractivity contribution >= 4 is 12.0 Å². The molecule has 0 aromatic heterocycles. The molecule has 29 heavy (non-hydrogen) atoms. The van der Waals surface area contributed by atoms with Gasteiger partial charge in [-0.05, 0) is 24.1 Å². The average Bonchev–Trinajstić information content (AvgIpc) is 2.93. The van der Waals surface area contributed by atoms with Crippen LogP contribution in [0.5, 0.6) is 5.75 Å². The largest absolute Gasteiger partial charge is 0.491 e. The Bertz CT molecular complexity index is 880. The molecular weight excluding hydrogens is 372 g/mol. The van der Waals surface area contributed by atoms with E-state index in [0.717, 1.165) is 11.1 Å². The second-order valence-electron chi connectivity index (χ2n) is 7.29. The number of nitrogens with zero attached hydrogens (tertiary/aromatic N) is 2. The number of hydrogen-bond donors (Lipinski definition) is 1. The maximum Gasteiger partial charge on any atom is 0.335 e. The minimum absolute atomic E-state index is 0.0343. The van der Waals surface area contributed by atoms with Crippen molar-refractivity contribution in [2.45, 2.75) is 19.0 Å². The molecule has 1 atom stereocenters. The number of carboxylic acid groups (broad SMARTS) is 1. The fourth-order valence-corrected chi connectivity index (χ4v) is 3.76. The summed E-state index contributed by atoms with van der Waals surface area (Å²) in [6.07, 6.45) is 0.663. The molecule has 0 aliphatic carbocycles. The van der Waals surface area contributed by atoms with Crippen molar-refractivity contribution in [1.82, 2.24) is 9.80 Å². The van der Waals surface area contributed by atoms with E-state index in [0.29, 0.717) is 51.6 Å². The van der Waals surface area contributed by atoms with Crippen LogP contribution in [0.1, 0.15) is 21.5 Å². The number of carboxylic acids is 1. The Morgan fingerprint density at radius 2 is 1.83 bits per heavy atom. The fraction of sp³-hybridized carbons (Fsp3) is 0.364. The summed E-state index contributed by atoms with van der Waals surface area (Å²) < 4.78 is 11.4. The highest BCUT2D eigenvalue weighted by Crippen LogP contribution is 2.28. The molecule has 1 N–H and O–H groups in total. The van der Waals surface area contributed by atoms with Crippen molar-refractivity contribution in [2.75, 3.05) is 32.9 Å². The zero-order valence-corrected chi connectivity index (χ0v) is 16.1. The highest BCUT2D eigenvalue weighted by Gasteiger charge is 2.32. The molecule has 152 valence electrons. The number of rotatable bonds is 3. The van der Waals surface area contributed by atoms with Crippen molar-refractivity contribution in [3.8, 4) is 5.75 Å². The number of benzene rings is 2. The van der Waals surface area contributed by atoms with Crippen LogP contribution in [-0.4, -0.2) is 65.9 Å². The quantitative estimate of drug-likeness (QED) is 0.863. The van der Waals surface area contributed by atoms with Crippen LogP contribution in [0.3, 0.4) is 0 Å². The first-order valence-corrected chi connectivity index (χ1v) is 9.78. The Hall–Kier alpha value is -3.06. The normalized spacial score (nSPS) is 19.1. The molecule has 0 saturated carbocycles. The van der Waals surface area contributed by atoms with Crippen molar-refractivity contribution in [1.29, 1.82) is 0 Å². The Balaban J connectivity index is 1.63. The lowest BCUT2D eigenvalue weighted by Gasteiger charge is -2.36. The van der Waals surface area contributed by atoms with E-state index in [1.165, 1.54) is 0 Å². The van der Waals surface area contributed by atoms with Gasteiger partial charge in [-0.1, -0.05) is 36.4 Å². The maximum atomic E-state index is 13.3. The Morgan fingerprint density at radius 3 is 2.55 bits per heavy atom. The zero-order valence-electron chi connectivity index (χ0n) is 16.1. The number of fused-ring (bicyclic) bond motifs is 1. The van der Waals surface area contributed by atoms with Crippen molar-refractivity contribution in [3.63, 3.8) is 0 Å². The molecule has 7 heteroatoms. The van der Waals surface area contributed by atoms with Crippen LogP contribution in [0, 0.1) is 0 Å². The van der Waals surface area contributed by atoms with Gasteiger partial charge in [0, 0.05) is 18.7 Å². The van der Waals surface area contributed by atoms with E-state index in [1.807, 2.05) is 40.1 Å². The molecule has 2 amide bonds. The lowest BCUT2D eigenvalue weighted by molar-refractivity contribution is 0.0363. The molecule has 4 rings (SSSR count). The highest BCUT2D eigenvalue weighted by atomic mass is 16.5. The molecule has 2 aliphatic rings. The van der Waals surface area contributed by atoms with Crippen molar-refractivity contribution in [3.05, 3.63) is 65.2 Å². The van der Waals surface area contributed by atoms with Gasteiger partial charge in [0.25, 0.3) is 0 Å². The van der Waals surface area contributed by atoms with Gasteiger partial charge >= 0.3 is 12.0 Å². The van der Waals surface area contributed by atoms with Crippen LogP contribution in [-0.2, 0) is 17.7 Å². The fourth-order valence-electron chi connectivity index (χ4n) is 3.76. The van der Waals surface area contributed by atoms with Crippen molar-refractivity contribution < 1.29 is 24.2 Å². The molecule has 2 heterocycles. The van der Waals surface area contributed by atoms with Crippen LogP contribution in [0.25, 0.3) is 0 Å². The SMILES string of the molecule is O=C(O)c1ccc2c(c1)OCC(Cc1ccccc1)N(C(=O)N1CCOCC1)C2. The maximum absolute atomic E-state index is 13.3. The first-order chi connectivity index (χ1) is 14.1. The zero-order chi connectivity index (χ0) is 20.2. The molecular formula is C22H24N2O5. The summed E-state index contributed by atoms with van der Waals surface area (Å²) in [4.78, 5) is 28.3. The predicted octanol–water partition coefficient (Wildman–Crippen LogP) is 2.64. The molecule has 1 fully saturated rings. The summed E-state index contributed by atoms with van der Waals surface area (Å²) in [7, 11) is 0. The van der Waals surface area contributed by atoms with Gasteiger partial charge in [0.15, 0.2) is 0 Å². The lowest BCUT2D eigenvalue weighted by Crippen LogP contribution is -2.52. The van der Waals surface area contributed by atoms with Gasteiger partial charge in [0.1, 0.15) is 12.4 Å². The van der Waals surface area contributed by atoms with E-state index in [1.54, 1.807) is 18.2 Å². The third-order valence-corrected chi connectivity index (χ3v) is 5.37. The molecule has 1 unspecified atom stereocenters.